The molecular formula is C27H21ClFN3O5S. The average Bonchev–Trinajstić information content (AvgIpc) is 2.88. The highest BCUT2D eigenvalue weighted by molar-refractivity contribution is 7.80. The van der Waals surface area contributed by atoms with Gasteiger partial charge in [-0.05, 0) is 67.2 Å². The van der Waals surface area contributed by atoms with Gasteiger partial charge in [0, 0.05) is 0 Å². The standard InChI is InChI=1S/C27H21ClFN3O5S/c1-2-36-22-14-16(12-18-25(34)31-27(38)32(26(18)35)17-8-4-3-5-9-17)13-19(28)24(22)37-15-23(33)30-21-11-7-6-10-20(21)29/h3-14H,2,15H2,1H3,(H,30,33)(H,31,34,38)/b18-12-. The summed E-state index contributed by atoms with van der Waals surface area (Å²) in [7, 11) is 0. The van der Waals surface area contributed by atoms with E-state index in [9.17, 15) is 18.8 Å². The van der Waals surface area contributed by atoms with Crippen LogP contribution in [0.15, 0.2) is 72.3 Å². The van der Waals surface area contributed by atoms with Crippen molar-refractivity contribution in [2.24, 2.45) is 0 Å². The second kappa shape index (κ2) is 11.8. The molecule has 1 aliphatic rings. The summed E-state index contributed by atoms with van der Waals surface area (Å²) < 4.78 is 25.0. The lowest BCUT2D eigenvalue weighted by Crippen LogP contribution is -2.54. The van der Waals surface area contributed by atoms with Gasteiger partial charge in [0.25, 0.3) is 17.7 Å². The van der Waals surface area contributed by atoms with Gasteiger partial charge in [0.15, 0.2) is 23.2 Å². The Balaban J connectivity index is 1.58. The predicted octanol–water partition coefficient (Wildman–Crippen LogP) is 4.73. The van der Waals surface area contributed by atoms with E-state index in [1.165, 1.54) is 41.3 Å². The number of halogens is 2. The molecule has 3 amide bonds. The summed E-state index contributed by atoms with van der Waals surface area (Å²) in [5.41, 5.74) is 0.720. The SMILES string of the molecule is CCOc1cc(/C=C2/C(=O)NC(=S)N(c3ccccc3)C2=O)cc(Cl)c1OCC(=O)Nc1ccccc1F. The molecule has 0 radical (unpaired) electrons. The Hall–Kier alpha value is -4.28. The van der Waals surface area contributed by atoms with E-state index in [0.717, 1.165) is 0 Å². The molecular weight excluding hydrogens is 533 g/mol. The highest BCUT2D eigenvalue weighted by Crippen LogP contribution is 2.37. The molecule has 8 nitrogen and oxygen atoms in total. The number of nitrogens with zero attached hydrogens (tertiary/aromatic N) is 1. The van der Waals surface area contributed by atoms with E-state index in [4.69, 9.17) is 33.3 Å². The van der Waals surface area contributed by atoms with Crippen molar-refractivity contribution >= 4 is 64.1 Å². The van der Waals surface area contributed by atoms with E-state index in [2.05, 4.69) is 10.6 Å². The maximum Gasteiger partial charge on any atom is 0.270 e. The molecule has 3 aromatic carbocycles. The van der Waals surface area contributed by atoms with Crippen molar-refractivity contribution in [3.05, 3.63) is 88.7 Å². The van der Waals surface area contributed by atoms with Crippen molar-refractivity contribution in [2.75, 3.05) is 23.4 Å². The summed E-state index contributed by atoms with van der Waals surface area (Å²) in [6, 6.07) is 17.4. The van der Waals surface area contributed by atoms with Crippen molar-refractivity contribution in [3.63, 3.8) is 0 Å². The van der Waals surface area contributed by atoms with Crippen LogP contribution in [0.3, 0.4) is 0 Å². The van der Waals surface area contributed by atoms with E-state index in [1.807, 2.05) is 0 Å². The van der Waals surface area contributed by atoms with Gasteiger partial charge in [0.2, 0.25) is 0 Å². The number of anilines is 2. The lowest BCUT2D eigenvalue weighted by atomic mass is 10.1. The van der Waals surface area contributed by atoms with Crippen molar-refractivity contribution in [3.8, 4) is 11.5 Å². The number of benzene rings is 3. The summed E-state index contributed by atoms with van der Waals surface area (Å²) in [5.74, 6) is -2.20. The summed E-state index contributed by atoms with van der Waals surface area (Å²) in [4.78, 5) is 39.4. The number of para-hydroxylation sites is 2. The van der Waals surface area contributed by atoms with Crippen LogP contribution in [-0.2, 0) is 14.4 Å². The molecule has 0 aromatic heterocycles. The number of nitrogens with one attached hydrogen (secondary N) is 2. The Kier molecular flexibility index (Phi) is 8.35. The monoisotopic (exact) mass is 553 g/mol. The Morgan fingerprint density at radius 2 is 1.82 bits per heavy atom. The minimum absolute atomic E-state index is 0.0126. The third kappa shape index (κ3) is 5.99. The Morgan fingerprint density at radius 3 is 2.53 bits per heavy atom. The first-order chi connectivity index (χ1) is 18.3. The lowest BCUT2D eigenvalue weighted by Gasteiger charge is -2.28. The third-order valence-corrected chi connectivity index (χ3v) is 5.82. The largest absolute Gasteiger partial charge is 0.490 e. The van der Waals surface area contributed by atoms with Crippen LogP contribution in [0, 0.1) is 5.82 Å². The fourth-order valence-corrected chi connectivity index (χ4v) is 4.15. The fourth-order valence-electron chi connectivity index (χ4n) is 3.60. The molecule has 1 saturated heterocycles. The molecule has 1 aliphatic heterocycles. The molecule has 0 saturated carbocycles. The zero-order valence-corrected chi connectivity index (χ0v) is 21.6. The minimum atomic E-state index is -0.661. The minimum Gasteiger partial charge on any atom is -0.490 e. The van der Waals surface area contributed by atoms with E-state index < -0.39 is 30.1 Å². The number of carbonyl (C=O) groups excluding carboxylic acids is 3. The molecule has 0 spiro atoms. The molecule has 0 bridgehead atoms. The number of thiocarbonyl (C=S) groups is 1. The third-order valence-electron chi connectivity index (χ3n) is 5.25. The molecule has 0 aliphatic carbocycles. The lowest BCUT2D eigenvalue weighted by molar-refractivity contribution is -0.122. The van der Waals surface area contributed by atoms with E-state index >= 15 is 0 Å². The number of hydrogen-bond donors (Lipinski definition) is 2. The molecule has 11 heteroatoms. The van der Waals surface area contributed by atoms with Crippen LogP contribution in [0.4, 0.5) is 15.8 Å². The number of hydrogen-bond acceptors (Lipinski definition) is 6. The zero-order valence-electron chi connectivity index (χ0n) is 20.0. The van der Waals surface area contributed by atoms with Gasteiger partial charge >= 0.3 is 0 Å². The molecule has 1 fully saturated rings. The van der Waals surface area contributed by atoms with Gasteiger partial charge in [-0.3, -0.25) is 24.6 Å². The number of rotatable bonds is 8. The maximum absolute atomic E-state index is 13.8. The van der Waals surface area contributed by atoms with Gasteiger partial charge in [-0.1, -0.05) is 41.9 Å². The highest BCUT2D eigenvalue weighted by Gasteiger charge is 2.34. The van der Waals surface area contributed by atoms with Crippen molar-refractivity contribution in [1.82, 2.24) is 5.32 Å². The maximum atomic E-state index is 13.8. The molecule has 1 heterocycles. The van der Waals surface area contributed by atoms with Crippen molar-refractivity contribution in [2.45, 2.75) is 6.92 Å². The molecule has 38 heavy (non-hydrogen) atoms. The van der Waals surface area contributed by atoms with Crippen LogP contribution in [-0.4, -0.2) is 36.0 Å². The van der Waals surface area contributed by atoms with Gasteiger partial charge in [-0.25, -0.2) is 4.39 Å². The average molecular weight is 554 g/mol. The Bertz CT molecular complexity index is 1450. The van der Waals surface area contributed by atoms with Gasteiger partial charge in [0.05, 0.1) is 23.0 Å². The smallest absolute Gasteiger partial charge is 0.270 e. The number of amides is 3. The van der Waals surface area contributed by atoms with Gasteiger partial charge in [-0.2, -0.15) is 0 Å². The summed E-state index contributed by atoms with van der Waals surface area (Å²) >= 11 is 11.6. The van der Waals surface area contributed by atoms with Crippen LogP contribution >= 0.6 is 23.8 Å². The molecule has 0 atom stereocenters. The van der Waals surface area contributed by atoms with E-state index in [1.54, 1.807) is 43.3 Å². The number of carbonyl (C=O) groups is 3. The van der Waals surface area contributed by atoms with Crippen LogP contribution < -0.4 is 25.0 Å². The van der Waals surface area contributed by atoms with Gasteiger partial charge < -0.3 is 14.8 Å². The van der Waals surface area contributed by atoms with Crippen LogP contribution in [0.2, 0.25) is 5.02 Å². The second-order valence-corrected chi connectivity index (χ2v) is 8.67. The molecule has 2 N–H and O–H groups in total. The molecule has 3 aromatic rings. The first-order valence-electron chi connectivity index (χ1n) is 11.4. The normalized spacial score (nSPS) is 14.3. The van der Waals surface area contributed by atoms with Crippen molar-refractivity contribution < 1.29 is 28.2 Å². The van der Waals surface area contributed by atoms with E-state index in [-0.39, 0.29) is 39.5 Å². The molecule has 194 valence electrons. The quantitative estimate of drug-likeness (QED) is 0.238. The fraction of sp³-hybridized carbons (Fsp3) is 0.111. The number of ether oxygens (including phenoxy) is 2. The molecule has 4 rings (SSSR count). The first kappa shape index (κ1) is 26.8. The highest BCUT2D eigenvalue weighted by atomic mass is 35.5. The van der Waals surface area contributed by atoms with E-state index in [0.29, 0.717) is 11.3 Å². The summed E-state index contributed by atoms with van der Waals surface area (Å²) in [6.07, 6.45) is 1.36. The van der Waals surface area contributed by atoms with Crippen LogP contribution in [0.1, 0.15) is 12.5 Å². The zero-order chi connectivity index (χ0) is 27.2. The van der Waals surface area contributed by atoms with Crippen molar-refractivity contribution in [1.29, 1.82) is 0 Å². The van der Waals surface area contributed by atoms with Gasteiger partial charge in [0.1, 0.15) is 11.4 Å². The predicted molar refractivity (Wildman–Crippen MR) is 146 cm³/mol. The van der Waals surface area contributed by atoms with Crippen LogP contribution in [0.5, 0.6) is 11.5 Å². The summed E-state index contributed by atoms with van der Waals surface area (Å²) in [6.45, 7) is 1.51. The molecule has 0 unspecified atom stereocenters. The topological polar surface area (TPSA) is 97.0 Å². The Labute approximate surface area is 228 Å². The summed E-state index contributed by atoms with van der Waals surface area (Å²) in [5, 5.41) is 4.98. The first-order valence-corrected chi connectivity index (χ1v) is 12.2. The second-order valence-electron chi connectivity index (χ2n) is 7.87. The van der Waals surface area contributed by atoms with Gasteiger partial charge in [-0.15, -0.1) is 0 Å². The Morgan fingerprint density at radius 1 is 1.11 bits per heavy atom. The van der Waals surface area contributed by atoms with Crippen LogP contribution in [0.25, 0.3) is 6.08 Å².